The number of piperidine rings is 1. The molecule has 2 rings (SSSR count). The van der Waals surface area contributed by atoms with Gasteiger partial charge in [-0.25, -0.2) is 14.7 Å². The minimum atomic E-state index is -3.57. The summed E-state index contributed by atoms with van der Waals surface area (Å²) in [4.78, 5) is 7.85. The van der Waals surface area contributed by atoms with Crippen LogP contribution in [0.2, 0.25) is 5.15 Å². The third-order valence-electron chi connectivity index (χ3n) is 2.70. The Labute approximate surface area is 112 Å². The number of hydrogen-bond acceptors (Lipinski definition) is 4. The van der Waals surface area contributed by atoms with Gasteiger partial charge in [-0.15, -0.1) is 0 Å². The molecule has 0 saturated carbocycles. The largest absolute Gasteiger partial charge is 0.303 e. The van der Waals surface area contributed by atoms with E-state index in [1.807, 2.05) is 0 Å². The number of aryl methyl sites for hydroxylation is 1. The van der Waals surface area contributed by atoms with E-state index < -0.39 is 10.2 Å². The predicted octanol–water partition coefficient (Wildman–Crippen LogP) is 1.58. The molecule has 18 heavy (non-hydrogen) atoms. The SMILES string of the molecule is Cc1cc(Cl)nc(NS(=O)(=O)N2CCCCC2)n1. The summed E-state index contributed by atoms with van der Waals surface area (Å²) in [5.74, 6) is 0.0190. The zero-order valence-corrected chi connectivity index (χ0v) is 11.6. The maximum Gasteiger partial charge on any atom is 0.303 e. The molecule has 0 amide bonds. The number of hydrogen-bond donors (Lipinski definition) is 1. The fourth-order valence-corrected chi connectivity index (χ4v) is 3.29. The Morgan fingerprint density at radius 1 is 1.28 bits per heavy atom. The topological polar surface area (TPSA) is 75.2 Å². The zero-order valence-electron chi connectivity index (χ0n) is 10.1. The van der Waals surface area contributed by atoms with Gasteiger partial charge in [-0.05, 0) is 25.8 Å². The van der Waals surface area contributed by atoms with Gasteiger partial charge in [0, 0.05) is 18.8 Å². The molecule has 1 aromatic rings. The quantitative estimate of drug-likeness (QED) is 0.858. The minimum absolute atomic E-state index is 0.0190. The normalized spacial score (nSPS) is 17.7. The summed E-state index contributed by atoms with van der Waals surface area (Å²) in [7, 11) is -3.57. The van der Waals surface area contributed by atoms with E-state index in [-0.39, 0.29) is 11.1 Å². The Kier molecular flexibility index (Phi) is 4.04. The molecular weight excluding hydrogens is 276 g/mol. The number of nitrogens with one attached hydrogen (secondary N) is 1. The second-order valence-corrected chi connectivity index (χ2v) is 6.28. The zero-order chi connectivity index (χ0) is 13.2. The lowest BCUT2D eigenvalue weighted by atomic mass is 10.2. The van der Waals surface area contributed by atoms with Crippen molar-refractivity contribution in [2.45, 2.75) is 26.2 Å². The molecule has 1 aromatic heterocycles. The van der Waals surface area contributed by atoms with Crippen LogP contribution in [-0.4, -0.2) is 35.8 Å². The van der Waals surface area contributed by atoms with Crippen LogP contribution in [0.25, 0.3) is 0 Å². The highest BCUT2D eigenvalue weighted by Crippen LogP contribution is 2.16. The Hall–Kier alpha value is -0.920. The van der Waals surface area contributed by atoms with E-state index in [4.69, 9.17) is 11.6 Å². The van der Waals surface area contributed by atoms with Gasteiger partial charge in [0.2, 0.25) is 5.95 Å². The van der Waals surface area contributed by atoms with Crippen molar-refractivity contribution in [3.63, 3.8) is 0 Å². The minimum Gasteiger partial charge on any atom is -0.238 e. The monoisotopic (exact) mass is 290 g/mol. The molecule has 6 nitrogen and oxygen atoms in total. The molecule has 0 aromatic carbocycles. The van der Waals surface area contributed by atoms with E-state index in [1.165, 1.54) is 4.31 Å². The first-order valence-electron chi connectivity index (χ1n) is 5.76. The lowest BCUT2D eigenvalue weighted by Gasteiger charge is -2.25. The van der Waals surface area contributed by atoms with E-state index in [1.54, 1.807) is 13.0 Å². The first-order valence-corrected chi connectivity index (χ1v) is 7.58. The Balaban J connectivity index is 2.16. The van der Waals surface area contributed by atoms with Crippen LogP contribution in [0.15, 0.2) is 6.07 Å². The second kappa shape index (κ2) is 5.38. The maximum atomic E-state index is 12.1. The van der Waals surface area contributed by atoms with Crippen LogP contribution in [-0.2, 0) is 10.2 Å². The third kappa shape index (κ3) is 3.30. The highest BCUT2D eigenvalue weighted by atomic mass is 35.5. The van der Waals surface area contributed by atoms with Gasteiger partial charge in [-0.2, -0.15) is 12.7 Å². The van der Waals surface area contributed by atoms with Crippen LogP contribution in [0, 0.1) is 6.92 Å². The number of rotatable bonds is 3. The van der Waals surface area contributed by atoms with Crippen molar-refractivity contribution < 1.29 is 8.42 Å². The molecule has 1 N–H and O–H groups in total. The highest BCUT2D eigenvalue weighted by Gasteiger charge is 2.24. The molecule has 2 heterocycles. The van der Waals surface area contributed by atoms with Crippen LogP contribution < -0.4 is 4.72 Å². The average molecular weight is 291 g/mol. The number of halogens is 1. The molecule has 0 aliphatic carbocycles. The molecule has 0 unspecified atom stereocenters. The number of nitrogens with zero attached hydrogens (tertiary/aromatic N) is 3. The summed E-state index contributed by atoms with van der Waals surface area (Å²) in [5.41, 5.74) is 0.617. The van der Waals surface area contributed by atoms with Crippen LogP contribution in [0.5, 0.6) is 0 Å². The van der Waals surface area contributed by atoms with Gasteiger partial charge in [0.1, 0.15) is 5.15 Å². The van der Waals surface area contributed by atoms with Crippen molar-refractivity contribution in [3.8, 4) is 0 Å². The van der Waals surface area contributed by atoms with Crippen LogP contribution >= 0.6 is 11.6 Å². The summed E-state index contributed by atoms with van der Waals surface area (Å²) >= 11 is 5.77. The van der Waals surface area contributed by atoms with Gasteiger partial charge in [-0.3, -0.25) is 0 Å². The second-order valence-electron chi connectivity index (χ2n) is 4.22. The van der Waals surface area contributed by atoms with E-state index in [0.717, 1.165) is 19.3 Å². The highest BCUT2D eigenvalue weighted by molar-refractivity contribution is 7.90. The fraction of sp³-hybridized carbons (Fsp3) is 0.600. The molecule has 0 radical (unpaired) electrons. The van der Waals surface area contributed by atoms with Gasteiger partial charge >= 0.3 is 10.2 Å². The van der Waals surface area contributed by atoms with Gasteiger partial charge in [0.05, 0.1) is 0 Å². The standard InChI is InChI=1S/C10H15ClN4O2S/c1-8-7-9(11)13-10(12-8)14-18(16,17)15-5-3-2-4-6-15/h7H,2-6H2,1H3,(H,12,13,14). The van der Waals surface area contributed by atoms with Gasteiger partial charge < -0.3 is 0 Å². The van der Waals surface area contributed by atoms with Crippen molar-refractivity contribution in [2.75, 3.05) is 17.8 Å². The molecule has 0 bridgehead atoms. The van der Waals surface area contributed by atoms with Crippen molar-refractivity contribution >= 4 is 27.8 Å². The first-order chi connectivity index (χ1) is 8.47. The van der Waals surface area contributed by atoms with Gasteiger partial charge in [0.15, 0.2) is 0 Å². The van der Waals surface area contributed by atoms with E-state index in [2.05, 4.69) is 14.7 Å². The molecule has 100 valence electrons. The fourth-order valence-electron chi connectivity index (χ4n) is 1.86. The van der Waals surface area contributed by atoms with E-state index >= 15 is 0 Å². The summed E-state index contributed by atoms with van der Waals surface area (Å²) in [6.45, 7) is 2.80. The molecule has 1 saturated heterocycles. The molecule has 0 atom stereocenters. The summed E-state index contributed by atoms with van der Waals surface area (Å²) in [6, 6.07) is 1.57. The Bertz CT molecular complexity index is 508. The number of aromatic nitrogens is 2. The maximum absolute atomic E-state index is 12.1. The molecule has 8 heteroatoms. The van der Waals surface area contributed by atoms with Crippen molar-refractivity contribution in [1.82, 2.24) is 14.3 Å². The third-order valence-corrected chi connectivity index (χ3v) is 4.38. The predicted molar refractivity (Wildman–Crippen MR) is 69.7 cm³/mol. The Morgan fingerprint density at radius 3 is 2.56 bits per heavy atom. The molecular formula is C10H15ClN4O2S. The lowest BCUT2D eigenvalue weighted by molar-refractivity contribution is 0.349. The molecule has 1 aliphatic rings. The van der Waals surface area contributed by atoms with Crippen molar-refractivity contribution in [1.29, 1.82) is 0 Å². The van der Waals surface area contributed by atoms with E-state index in [9.17, 15) is 8.42 Å². The van der Waals surface area contributed by atoms with Crippen LogP contribution in [0.1, 0.15) is 25.0 Å². The first kappa shape index (κ1) is 13.5. The average Bonchev–Trinajstić information content (AvgIpc) is 2.28. The van der Waals surface area contributed by atoms with Crippen molar-refractivity contribution in [3.05, 3.63) is 16.9 Å². The van der Waals surface area contributed by atoms with Crippen molar-refractivity contribution in [2.24, 2.45) is 0 Å². The number of anilines is 1. The smallest absolute Gasteiger partial charge is 0.238 e. The molecule has 0 spiro atoms. The summed E-state index contributed by atoms with van der Waals surface area (Å²) in [5, 5.41) is 0.221. The van der Waals surface area contributed by atoms with E-state index in [0.29, 0.717) is 18.8 Å². The van der Waals surface area contributed by atoms with Crippen LogP contribution in [0.4, 0.5) is 5.95 Å². The molecule has 1 fully saturated rings. The lowest BCUT2D eigenvalue weighted by Crippen LogP contribution is -2.39. The summed E-state index contributed by atoms with van der Waals surface area (Å²) < 4.78 is 27.9. The van der Waals surface area contributed by atoms with Crippen LogP contribution in [0.3, 0.4) is 0 Å². The summed E-state index contributed by atoms with van der Waals surface area (Å²) in [6.07, 6.45) is 2.84. The Morgan fingerprint density at radius 2 is 1.94 bits per heavy atom. The van der Waals surface area contributed by atoms with Gasteiger partial charge in [0.25, 0.3) is 0 Å². The molecule has 1 aliphatic heterocycles. The van der Waals surface area contributed by atoms with Gasteiger partial charge in [-0.1, -0.05) is 18.0 Å².